The van der Waals surface area contributed by atoms with Crippen LogP contribution in [0.1, 0.15) is 47.4 Å². The molecule has 4 heterocycles. The average molecular weight is 422 g/mol. The van der Waals surface area contributed by atoms with Crippen LogP contribution in [0.2, 0.25) is 0 Å². The van der Waals surface area contributed by atoms with Crippen molar-refractivity contribution in [1.29, 1.82) is 0 Å². The molecule has 0 N–H and O–H groups in total. The molecule has 1 saturated heterocycles. The highest BCUT2D eigenvalue weighted by molar-refractivity contribution is 5.98. The fraction of sp³-hybridized carbons (Fsp3) is 0.318. The van der Waals surface area contributed by atoms with E-state index in [1.54, 1.807) is 17.2 Å². The van der Waals surface area contributed by atoms with Gasteiger partial charge in [-0.3, -0.25) is 9.78 Å². The first-order chi connectivity index (χ1) is 15.0. The molecule has 1 aromatic carbocycles. The quantitative estimate of drug-likeness (QED) is 0.501. The van der Waals surface area contributed by atoms with E-state index in [4.69, 9.17) is 0 Å². The molecule has 5 rings (SSSR count). The lowest BCUT2D eigenvalue weighted by atomic mass is 9.84. The monoisotopic (exact) mass is 422 g/mol. The molecule has 0 spiro atoms. The molecule has 0 unspecified atom stereocenters. The van der Waals surface area contributed by atoms with Crippen molar-refractivity contribution in [3.05, 3.63) is 65.9 Å². The zero-order valence-corrected chi connectivity index (χ0v) is 16.8. The molecule has 31 heavy (non-hydrogen) atoms. The number of carbonyl (C=O) groups is 1. The van der Waals surface area contributed by atoms with Gasteiger partial charge in [0.1, 0.15) is 12.0 Å². The maximum absolute atomic E-state index is 13.4. The molecule has 1 aliphatic rings. The molecule has 3 aromatic heterocycles. The minimum atomic E-state index is -2.71. The zero-order valence-electron chi connectivity index (χ0n) is 16.8. The van der Waals surface area contributed by atoms with E-state index in [2.05, 4.69) is 27.0 Å². The van der Waals surface area contributed by atoms with E-state index in [9.17, 15) is 13.6 Å². The van der Waals surface area contributed by atoms with Gasteiger partial charge in [0.2, 0.25) is 0 Å². The van der Waals surface area contributed by atoms with Crippen molar-refractivity contribution in [1.82, 2.24) is 29.5 Å². The van der Waals surface area contributed by atoms with E-state index in [-0.39, 0.29) is 29.2 Å². The first kappa shape index (κ1) is 19.5. The lowest BCUT2D eigenvalue weighted by Gasteiger charge is -2.37. The van der Waals surface area contributed by atoms with Crippen molar-refractivity contribution >= 4 is 22.6 Å². The van der Waals surface area contributed by atoms with Gasteiger partial charge in [0, 0.05) is 36.2 Å². The second-order valence-electron chi connectivity index (χ2n) is 7.91. The van der Waals surface area contributed by atoms with Gasteiger partial charge >= 0.3 is 0 Å². The second kappa shape index (κ2) is 7.64. The number of hydrogen-bond donors (Lipinski definition) is 0. The van der Waals surface area contributed by atoms with Gasteiger partial charge in [0.25, 0.3) is 18.1 Å². The Morgan fingerprint density at radius 1 is 1.19 bits per heavy atom. The molecular weight excluding hydrogens is 402 g/mol. The van der Waals surface area contributed by atoms with Crippen molar-refractivity contribution in [2.45, 2.75) is 25.7 Å². The average Bonchev–Trinajstić information content (AvgIpc) is 3.27. The van der Waals surface area contributed by atoms with Crippen LogP contribution < -0.4 is 0 Å². The number of fused-ring (bicyclic) bond motifs is 2. The van der Waals surface area contributed by atoms with Crippen LogP contribution >= 0.6 is 0 Å². The van der Waals surface area contributed by atoms with E-state index in [0.717, 1.165) is 17.3 Å². The summed E-state index contributed by atoms with van der Waals surface area (Å²) in [5.41, 5.74) is 1.69. The molecule has 0 bridgehead atoms. The molecule has 2 atom stereocenters. The summed E-state index contributed by atoms with van der Waals surface area (Å²) < 4.78 is 28.3. The van der Waals surface area contributed by atoms with Crippen LogP contribution in [0, 0.1) is 5.92 Å². The summed E-state index contributed by atoms with van der Waals surface area (Å²) in [6.45, 7) is 3.08. The van der Waals surface area contributed by atoms with Crippen LogP contribution in [0.25, 0.3) is 16.7 Å². The molecule has 1 aliphatic heterocycles. The predicted molar refractivity (Wildman–Crippen MR) is 110 cm³/mol. The van der Waals surface area contributed by atoms with Gasteiger partial charge in [-0.15, -0.1) is 0 Å². The standard InChI is InChI=1S/C22H20F2N6O/c1-13-6-8-29(21(31)15-4-5-17-14(9-15)3-2-7-25-17)11-16(13)19-10-18(20(23)24)28-22-26-12-27-30(19)22/h2-5,7,9-10,12-13,16,20H,6,8,11H2,1H3/t13-,16-/m1/s1. The molecule has 7 nitrogen and oxygen atoms in total. The van der Waals surface area contributed by atoms with Crippen LogP contribution in [0.5, 0.6) is 0 Å². The number of halogens is 2. The van der Waals surface area contributed by atoms with Crippen molar-refractivity contribution in [3.8, 4) is 0 Å². The highest BCUT2D eigenvalue weighted by Crippen LogP contribution is 2.34. The van der Waals surface area contributed by atoms with Gasteiger partial charge in [-0.1, -0.05) is 13.0 Å². The summed E-state index contributed by atoms with van der Waals surface area (Å²) in [5.74, 6) is 0.0841. The van der Waals surface area contributed by atoms with Crippen molar-refractivity contribution in [2.75, 3.05) is 13.1 Å². The van der Waals surface area contributed by atoms with Crippen molar-refractivity contribution < 1.29 is 13.6 Å². The van der Waals surface area contributed by atoms with Crippen LogP contribution in [-0.2, 0) is 0 Å². The first-order valence-electron chi connectivity index (χ1n) is 10.1. The van der Waals surface area contributed by atoms with Crippen LogP contribution in [-0.4, -0.2) is 48.5 Å². The number of likely N-dealkylation sites (tertiary alicyclic amines) is 1. The molecular formula is C22H20F2N6O. The van der Waals surface area contributed by atoms with Gasteiger partial charge in [-0.2, -0.15) is 10.1 Å². The number of benzene rings is 1. The number of amides is 1. The number of aromatic nitrogens is 5. The number of pyridine rings is 1. The number of nitrogens with zero attached hydrogens (tertiary/aromatic N) is 6. The topological polar surface area (TPSA) is 76.3 Å². The summed E-state index contributed by atoms with van der Waals surface area (Å²) in [6, 6.07) is 10.6. The van der Waals surface area contributed by atoms with E-state index in [1.807, 2.05) is 24.3 Å². The molecule has 158 valence electrons. The molecule has 9 heteroatoms. The van der Waals surface area contributed by atoms with E-state index < -0.39 is 6.43 Å². The van der Waals surface area contributed by atoms with Crippen LogP contribution in [0.15, 0.2) is 48.9 Å². The highest BCUT2D eigenvalue weighted by atomic mass is 19.3. The SMILES string of the molecule is C[C@@H]1CCN(C(=O)c2ccc3ncccc3c2)C[C@H]1c1cc(C(F)F)nc2ncnn12. The number of rotatable bonds is 3. The lowest BCUT2D eigenvalue weighted by Crippen LogP contribution is -2.42. The third-order valence-electron chi connectivity index (χ3n) is 6.00. The Kier molecular flexibility index (Phi) is 4.80. The minimum Gasteiger partial charge on any atom is -0.338 e. The Morgan fingerprint density at radius 3 is 2.90 bits per heavy atom. The number of alkyl halides is 2. The second-order valence-corrected chi connectivity index (χ2v) is 7.91. The maximum atomic E-state index is 13.4. The maximum Gasteiger partial charge on any atom is 0.280 e. The van der Waals surface area contributed by atoms with Gasteiger partial charge in [0.05, 0.1) is 11.2 Å². The fourth-order valence-electron chi connectivity index (χ4n) is 4.26. The molecule has 4 aromatic rings. The highest BCUT2D eigenvalue weighted by Gasteiger charge is 2.33. The third kappa shape index (κ3) is 3.49. The van der Waals surface area contributed by atoms with Gasteiger partial charge in [-0.25, -0.2) is 18.3 Å². The Hall–Kier alpha value is -3.49. The number of piperidine rings is 1. The molecule has 0 saturated carbocycles. The van der Waals surface area contributed by atoms with Gasteiger partial charge in [0.15, 0.2) is 0 Å². The Balaban J connectivity index is 1.48. The largest absolute Gasteiger partial charge is 0.338 e. The zero-order chi connectivity index (χ0) is 21.5. The number of carbonyl (C=O) groups excluding carboxylic acids is 1. The normalized spacial score (nSPS) is 19.4. The minimum absolute atomic E-state index is 0.0828. The Labute approximate surface area is 176 Å². The summed E-state index contributed by atoms with van der Waals surface area (Å²) in [4.78, 5) is 27.2. The molecule has 1 amide bonds. The van der Waals surface area contributed by atoms with E-state index in [0.29, 0.717) is 24.3 Å². The van der Waals surface area contributed by atoms with Crippen LogP contribution in [0.4, 0.5) is 8.78 Å². The summed E-state index contributed by atoms with van der Waals surface area (Å²) in [5, 5.41) is 5.08. The number of hydrogen-bond acceptors (Lipinski definition) is 5. The Bertz CT molecular complexity index is 1270. The smallest absolute Gasteiger partial charge is 0.280 e. The van der Waals surface area contributed by atoms with Crippen LogP contribution in [0.3, 0.4) is 0 Å². The van der Waals surface area contributed by atoms with E-state index >= 15 is 0 Å². The summed E-state index contributed by atoms with van der Waals surface area (Å²) in [6.07, 6.45) is 1.07. The van der Waals surface area contributed by atoms with Crippen molar-refractivity contribution in [2.24, 2.45) is 5.92 Å². The predicted octanol–water partition coefficient (Wildman–Crippen LogP) is 3.88. The fourth-order valence-corrected chi connectivity index (χ4v) is 4.26. The molecule has 0 aliphatic carbocycles. The Morgan fingerprint density at radius 2 is 2.06 bits per heavy atom. The third-order valence-corrected chi connectivity index (χ3v) is 6.00. The summed E-state index contributed by atoms with van der Waals surface area (Å²) >= 11 is 0. The van der Waals surface area contributed by atoms with E-state index in [1.165, 1.54) is 16.9 Å². The summed E-state index contributed by atoms with van der Waals surface area (Å²) in [7, 11) is 0. The molecule has 1 fully saturated rings. The first-order valence-corrected chi connectivity index (χ1v) is 10.1. The lowest BCUT2D eigenvalue weighted by molar-refractivity contribution is 0.0665. The van der Waals surface area contributed by atoms with Gasteiger partial charge < -0.3 is 4.90 Å². The van der Waals surface area contributed by atoms with Gasteiger partial charge in [-0.05, 0) is 42.7 Å². The molecule has 0 radical (unpaired) electrons. The van der Waals surface area contributed by atoms with Crippen molar-refractivity contribution in [3.63, 3.8) is 0 Å².